The minimum Gasteiger partial charge on any atom is -0.323 e. The standard InChI is InChI=1S/C11H11ClFN3/c1-7(14)11-5-16(6-15-11)10-3-8(12)2-9(13)4-10/h2-7H,14H2,1H3. The SMILES string of the molecule is CC(N)c1cn(-c2cc(F)cc(Cl)c2)cn1. The lowest BCUT2D eigenvalue weighted by molar-refractivity contribution is 0.626. The van der Waals surface area contributed by atoms with Gasteiger partial charge in [0.05, 0.1) is 17.7 Å². The Kier molecular flexibility index (Phi) is 2.94. The maximum Gasteiger partial charge on any atom is 0.126 e. The van der Waals surface area contributed by atoms with Gasteiger partial charge in [-0.05, 0) is 25.1 Å². The highest BCUT2D eigenvalue weighted by molar-refractivity contribution is 6.30. The van der Waals surface area contributed by atoms with E-state index in [9.17, 15) is 4.39 Å². The van der Waals surface area contributed by atoms with Crippen molar-refractivity contribution in [1.82, 2.24) is 9.55 Å². The summed E-state index contributed by atoms with van der Waals surface area (Å²) in [6.07, 6.45) is 3.35. The van der Waals surface area contributed by atoms with Gasteiger partial charge >= 0.3 is 0 Å². The molecule has 2 aromatic rings. The van der Waals surface area contributed by atoms with Gasteiger partial charge in [0, 0.05) is 17.3 Å². The Morgan fingerprint density at radius 3 is 2.75 bits per heavy atom. The maximum absolute atomic E-state index is 13.1. The van der Waals surface area contributed by atoms with E-state index in [4.69, 9.17) is 17.3 Å². The molecule has 5 heteroatoms. The Hall–Kier alpha value is -1.39. The number of nitrogens with two attached hydrogens (primary N) is 1. The van der Waals surface area contributed by atoms with Gasteiger partial charge in [0.1, 0.15) is 5.82 Å². The summed E-state index contributed by atoms with van der Waals surface area (Å²) in [6.45, 7) is 1.84. The predicted molar refractivity (Wildman–Crippen MR) is 61.1 cm³/mol. The van der Waals surface area contributed by atoms with E-state index in [0.717, 1.165) is 5.69 Å². The highest BCUT2D eigenvalue weighted by atomic mass is 35.5. The summed E-state index contributed by atoms with van der Waals surface area (Å²) in [5, 5.41) is 0.353. The molecule has 1 aromatic carbocycles. The zero-order chi connectivity index (χ0) is 11.7. The molecular weight excluding hydrogens is 229 g/mol. The summed E-state index contributed by atoms with van der Waals surface area (Å²) in [7, 11) is 0. The number of benzene rings is 1. The van der Waals surface area contributed by atoms with E-state index < -0.39 is 0 Å². The first-order valence-electron chi connectivity index (χ1n) is 4.82. The number of hydrogen-bond acceptors (Lipinski definition) is 2. The van der Waals surface area contributed by atoms with Gasteiger partial charge in [-0.2, -0.15) is 0 Å². The van der Waals surface area contributed by atoms with E-state index in [1.54, 1.807) is 23.2 Å². The molecule has 0 radical (unpaired) electrons. The molecule has 3 nitrogen and oxygen atoms in total. The lowest BCUT2D eigenvalue weighted by Crippen LogP contribution is -2.04. The molecular formula is C11H11ClFN3. The summed E-state index contributed by atoms with van der Waals surface area (Å²) >= 11 is 5.77. The lowest BCUT2D eigenvalue weighted by Gasteiger charge is -2.03. The largest absolute Gasteiger partial charge is 0.323 e. The van der Waals surface area contributed by atoms with Crippen LogP contribution in [0.25, 0.3) is 5.69 Å². The van der Waals surface area contributed by atoms with Crippen molar-refractivity contribution in [2.45, 2.75) is 13.0 Å². The molecule has 16 heavy (non-hydrogen) atoms. The van der Waals surface area contributed by atoms with Gasteiger partial charge in [-0.25, -0.2) is 9.37 Å². The van der Waals surface area contributed by atoms with Crippen LogP contribution in [0.15, 0.2) is 30.7 Å². The van der Waals surface area contributed by atoms with Crippen molar-refractivity contribution >= 4 is 11.6 Å². The van der Waals surface area contributed by atoms with Crippen LogP contribution < -0.4 is 5.73 Å². The Morgan fingerprint density at radius 1 is 1.44 bits per heavy atom. The smallest absolute Gasteiger partial charge is 0.126 e. The molecule has 0 saturated carbocycles. The number of rotatable bonds is 2. The van der Waals surface area contributed by atoms with Crippen molar-refractivity contribution in [3.05, 3.63) is 47.3 Å². The Bertz CT molecular complexity index is 487. The third-order valence-electron chi connectivity index (χ3n) is 2.21. The zero-order valence-corrected chi connectivity index (χ0v) is 9.45. The molecule has 0 spiro atoms. The summed E-state index contributed by atoms with van der Waals surface area (Å²) in [6, 6.07) is 4.16. The topological polar surface area (TPSA) is 43.8 Å². The summed E-state index contributed by atoms with van der Waals surface area (Å²) in [5.41, 5.74) is 7.07. The number of imidazole rings is 1. The van der Waals surface area contributed by atoms with E-state index in [2.05, 4.69) is 4.98 Å². The number of halogens is 2. The Labute approximate surface area is 97.7 Å². The molecule has 1 unspecified atom stereocenters. The van der Waals surface area contributed by atoms with Crippen molar-refractivity contribution in [3.8, 4) is 5.69 Å². The third kappa shape index (κ3) is 2.23. The average molecular weight is 240 g/mol. The van der Waals surface area contributed by atoms with Gasteiger partial charge in [-0.3, -0.25) is 0 Å². The minimum atomic E-state index is -0.376. The van der Waals surface area contributed by atoms with Crippen molar-refractivity contribution in [2.75, 3.05) is 0 Å². The minimum absolute atomic E-state index is 0.148. The second-order valence-electron chi connectivity index (χ2n) is 3.62. The molecule has 0 aliphatic heterocycles. The van der Waals surface area contributed by atoms with Crippen LogP contribution >= 0.6 is 11.6 Å². The van der Waals surface area contributed by atoms with Crippen LogP contribution in [0.3, 0.4) is 0 Å². The number of hydrogen-bond donors (Lipinski definition) is 1. The highest BCUT2D eigenvalue weighted by Gasteiger charge is 2.06. The first kappa shape index (κ1) is 11.1. The lowest BCUT2D eigenvalue weighted by atomic mass is 10.3. The van der Waals surface area contributed by atoms with Crippen LogP contribution in [0.5, 0.6) is 0 Å². The van der Waals surface area contributed by atoms with Gasteiger partial charge in [-0.1, -0.05) is 11.6 Å². The fourth-order valence-corrected chi connectivity index (χ4v) is 1.62. The highest BCUT2D eigenvalue weighted by Crippen LogP contribution is 2.18. The van der Waals surface area contributed by atoms with Gasteiger partial charge < -0.3 is 10.3 Å². The quantitative estimate of drug-likeness (QED) is 0.876. The molecule has 0 bridgehead atoms. The maximum atomic E-state index is 13.1. The average Bonchev–Trinajstić information content (AvgIpc) is 2.64. The van der Waals surface area contributed by atoms with Crippen LogP contribution in [0.4, 0.5) is 4.39 Å². The van der Waals surface area contributed by atoms with E-state index in [-0.39, 0.29) is 11.9 Å². The van der Waals surface area contributed by atoms with Gasteiger partial charge in [-0.15, -0.1) is 0 Å². The van der Waals surface area contributed by atoms with Crippen LogP contribution in [-0.4, -0.2) is 9.55 Å². The second kappa shape index (κ2) is 4.23. The first-order valence-corrected chi connectivity index (χ1v) is 5.20. The summed E-state index contributed by atoms with van der Waals surface area (Å²) < 4.78 is 14.8. The van der Waals surface area contributed by atoms with E-state index in [1.807, 2.05) is 6.92 Å². The fourth-order valence-electron chi connectivity index (χ4n) is 1.40. The second-order valence-corrected chi connectivity index (χ2v) is 4.06. The Morgan fingerprint density at radius 2 is 2.19 bits per heavy atom. The molecule has 2 N–H and O–H groups in total. The van der Waals surface area contributed by atoms with Crippen LogP contribution in [0.1, 0.15) is 18.7 Å². The Balaban J connectivity index is 2.42. The van der Waals surface area contributed by atoms with Crippen LogP contribution in [-0.2, 0) is 0 Å². The van der Waals surface area contributed by atoms with Crippen molar-refractivity contribution in [2.24, 2.45) is 5.73 Å². The first-order chi connectivity index (χ1) is 7.56. The molecule has 0 amide bonds. The van der Waals surface area contributed by atoms with E-state index in [0.29, 0.717) is 10.7 Å². The number of aromatic nitrogens is 2. The monoisotopic (exact) mass is 239 g/mol. The molecule has 1 atom stereocenters. The van der Waals surface area contributed by atoms with Crippen LogP contribution in [0, 0.1) is 5.82 Å². The van der Waals surface area contributed by atoms with Crippen molar-refractivity contribution in [3.63, 3.8) is 0 Å². The number of nitrogens with zero attached hydrogens (tertiary/aromatic N) is 2. The molecule has 0 fully saturated rings. The normalized spacial score (nSPS) is 12.8. The summed E-state index contributed by atoms with van der Waals surface area (Å²) in [4.78, 5) is 4.12. The van der Waals surface area contributed by atoms with Crippen molar-refractivity contribution in [1.29, 1.82) is 0 Å². The van der Waals surface area contributed by atoms with Crippen LogP contribution in [0.2, 0.25) is 5.02 Å². The molecule has 84 valence electrons. The predicted octanol–water partition coefficient (Wildman–Crippen LogP) is 2.68. The zero-order valence-electron chi connectivity index (χ0n) is 8.69. The van der Waals surface area contributed by atoms with Crippen molar-refractivity contribution < 1.29 is 4.39 Å². The van der Waals surface area contributed by atoms with Gasteiger partial charge in [0.15, 0.2) is 0 Å². The van der Waals surface area contributed by atoms with Gasteiger partial charge in [0.25, 0.3) is 0 Å². The summed E-state index contributed by atoms with van der Waals surface area (Å²) in [5.74, 6) is -0.376. The molecule has 1 heterocycles. The fraction of sp³-hybridized carbons (Fsp3) is 0.182. The third-order valence-corrected chi connectivity index (χ3v) is 2.43. The molecule has 2 rings (SSSR count). The molecule has 0 aliphatic rings. The molecule has 0 aliphatic carbocycles. The van der Waals surface area contributed by atoms with Gasteiger partial charge in [0.2, 0.25) is 0 Å². The van der Waals surface area contributed by atoms with E-state index >= 15 is 0 Å². The van der Waals surface area contributed by atoms with E-state index in [1.165, 1.54) is 12.1 Å². The molecule has 1 aromatic heterocycles. The molecule has 0 saturated heterocycles.